The van der Waals surface area contributed by atoms with E-state index in [4.69, 9.17) is 4.74 Å². The van der Waals surface area contributed by atoms with E-state index in [0.29, 0.717) is 50.2 Å². The highest BCUT2D eigenvalue weighted by molar-refractivity contribution is 5.93. The third kappa shape index (κ3) is 4.23. The molecule has 8 nitrogen and oxygen atoms in total. The topological polar surface area (TPSA) is 78.9 Å². The smallest absolute Gasteiger partial charge is 0.409 e. The van der Waals surface area contributed by atoms with Crippen LogP contribution in [0.2, 0.25) is 0 Å². The zero-order chi connectivity index (χ0) is 18.5. The number of carbonyl (C=O) groups excluding carboxylic acids is 2. The van der Waals surface area contributed by atoms with E-state index in [1.54, 1.807) is 24.2 Å². The highest BCUT2D eigenvalue weighted by Gasteiger charge is 2.25. The highest BCUT2D eigenvalue weighted by Crippen LogP contribution is 2.18. The van der Waals surface area contributed by atoms with Crippen LogP contribution < -0.4 is 4.90 Å². The Balaban J connectivity index is 1.56. The molecule has 1 atom stereocenters. The maximum atomic E-state index is 12.6. The minimum absolute atomic E-state index is 0.00947. The zero-order valence-corrected chi connectivity index (χ0v) is 15.6. The van der Waals surface area contributed by atoms with Crippen molar-refractivity contribution in [1.29, 1.82) is 0 Å². The molecule has 0 radical (unpaired) electrons. The molecule has 0 aliphatic carbocycles. The lowest BCUT2D eigenvalue weighted by molar-refractivity contribution is 0.0682. The number of ether oxygens (including phenoxy) is 1. The average Bonchev–Trinajstić information content (AvgIpc) is 2.68. The van der Waals surface area contributed by atoms with Gasteiger partial charge >= 0.3 is 6.09 Å². The molecule has 2 saturated heterocycles. The maximum Gasteiger partial charge on any atom is 0.409 e. The van der Waals surface area contributed by atoms with Crippen LogP contribution in [0.25, 0.3) is 0 Å². The van der Waals surface area contributed by atoms with E-state index in [1.165, 1.54) is 6.42 Å². The number of rotatable bonds is 3. The fourth-order valence-electron chi connectivity index (χ4n) is 3.46. The van der Waals surface area contributed by atoms with Crippen molar-refractivity contribution in [1.82, 2.24) is 19.8 Å². The fraction of sp³-hybridized carbons (Fsp3) is 0.667. The van der Waals surface area contributed by atoms with Crippen molar-refractivity contribution in [3.8, 4) is 0 Å². The Morgan fingerprint density at radius 1 is 1.12 bits per heavy atom. The minimum atomic E-state index is -0.273. The summed E-state index contributed by atoms with van der Waals surface area (Å²) >= 11 is 0. The van der Waals surface area contributed by atoms with Crippen LogP contribution in [0.5, 0.6) is 0 Å². The van der Waals surface area contributed by atoms with Crippen LogP contribution in [0.3, 0.4) is 0 Å². The molecule has 0 spiro atoms. The third-order valence-electron chi connectivity index (χ3n) is 4.92. The molecule has 0 bridgehead atoms. The summed E-state index contributed by atoms with van der Waals surface area (Å²) in [4.78, 5) is 38.7. The van der Waals surface area contributed by atoms with Crippen LogP contribution >= 0.6 is 0 Å². The van der Waals surface area contributed by atoms with E-state index in [0.717, 1.165) is 19.5 Å². The molecule has 3 rings (SSSR count). The van der Waals surface area contributed by atoms with Crippen LogP contribution in [0.1, 0.15) is 37.0 Å². The number of hydrogen-bond acceptors (Lipinski definition) is 6. The Labute approximate surface area is 154 Å². The van der Waals surface area contributed by atoms with E-state index >= 15 is 0 Å². The van der Waals surface area contributed by atoms with Gasteiger partial charge in [-0.05, 0) is 25.7 Å². The molecule has 2 amide bonds. The van der Waals surface area contributed by atoms with E-state index in [2.05, 4.69) is 16.9 Å². The summed E-state index contributed by atoms with van der Waals surface area (Å²) in [5, 5.41) is 0. The quantitative estimate of drug-likeness (QED) is 0.814. The molecule has 1 unspecified atom stereocenters. The summed E-state index contributed by atoms with van der Waals surface area (Å²) in [5.74, 6) is 1.15. The van der Waals surface area contributed by atoms with Crippen molar-refractivity contribution in [2.24, 2.45) is 5.92 Å². The number of anilines is 1. The van der Waals surface area contributed by atoms with Crippen molar-refractivity contribution in [2.75, 3.05) is 50.8 Å². The number of likely N-dealkylation sites (tertiary alicyclic amines) is 1. The molecule has 0 N–H and O–H groups in total. The molecule has 2 aliphatic rings. The van der Waals surface area contributed by atoms with Crippen molar-refractivity contribution in [3.63, 3.8) is 0 Å². The third-order valence-corrected chi connectivity index (χ3v) is 4.92. The predicted molar refractivity (Wildman–Crippen MR) is 97.1 cm³/mol. The van der Waals surface area contributed by atoms with Gasteiger partial charge in [-0.2, -0.15) is 0 Å². The molecule has 2 aliphatic heterocycles. The lowest BCUT2D eigenvalue weighted by Gasteiger charge is -2.34. The summed E-state index contributed by atoms with van der Waals surface area (Å²) in [6.07, 6.45) is 5.18. The largest absolute Gasteiger partial charge is 0.450 e. The molecule has 3 heterocycles. The highest BCUT2D eigenvalue weighted by atomic mass is 16.6. The molecule has 0 saturated carbocycles. The molecule has 2 fully saturated rings. The standard InChI is InChI=1S/C18H27N5O3/c1-3-26-18(25)22-9-7-21(8-10-22)17-19-11-15(12-20-17)16(24)23-6-4-5-14(2)13-23/h11-12,14H,3-10,13H2,1-2H3. The Hall–Kier alpha value is -2.38. The molecule has 142 valence electrons. The maximum absolute atomic E-state index is 12.6. The number of piperidine rings is 1. The SMILES string of the molecule is CCOC(=O)N1CCN(c2ncc(C(=O)N3CCCC(C)C3)cn2)CC1. The van der Waals surface area contributed by atoms with Gasteiger partial charge in [-0.15, -0.1) is 0 Å². The second kappa shape index (κ2) is 8.33. The number of aromatic nitrogens is 2. The summed E-state index contributed by atoms with van der Waals surface area (Å²) < 4.78 is 5.02. The van der Waals surface area contributed by atoms with Crippen molar-refractivity contribution < 1.29 is 14.3 Å². The Morgan fingerprint density at radius 2 is 1.81 bits per heavy atom. The molecule has 26 heavy (non-hydrogen) atoms. The predicted octanol–water partition coefficient (Wildman–Crippen LogP) is 1.63. The van der Waals surface area contributed by atoms with E-state index in [9.17, 15) is 9.59 Å². The van der Waals surface area contributed by atoms with Gasteiger partial charge in [0.05, 0.1) is 12.2 Å². The lowest BCUT2D eigenvalue weighted by Crippen LogP contribution is -2.49. The molecular weight excluding hydrogens is 334 g/mol. The average molecular weight is 361 g/mol. The first-order valence-corrected chi connectivity index (χ1v) is 9.36. The molecule has 1 aromatic heterocycles. The van der Waals surface area contributed by atoms with Gasteiger partial charge in [0, 0.05) is 51.7 Å². The second-order valence-corrected chi connectivity index (χ2v) is 6.94. The van der Waals surface area contributed by atoms with Gasteiger partial charge in [0.25, 0.3) is 5.91 Å². The number of amides is 2. The van der Waals surface area contributed by atoms with Gasteiger partial charge in [0.2, 0.25) is 5.95 Å². The first-order chi connectivity index (χ1) is 12.6. The molecule has 1 aromatic rings. The van der Waals surface area contributed by atoms with E-state index < -0.39 is 0 Å². The van der Waals surface area contributed by atoms with Crippen LogP contribution in [-0.4, -0.2) is 77.6 Å². The van der Waals surface area contributed by atoms with Gasteiger partial charge in [-0.25, -0.2) is 14.8 Å². The monoisotopic (exact) mass is 361 g/mol. The van der Waals surface area contributed by atoms with E-state index in [1.807, 2.05) is 9.80 Å². The van der Waals surface area contributed by atoms with Crippen LogP contribution in [0.4, 0.5) is 10.7 Å². The number of carbonyl (C=O) groups is 2. The van der Waals surface area contributed by atoms with Crippen molar-refractivity contribution >= 4 is 17.9 Å². The Bertz CT molecular complexity index is 628. The van der Waals surface area contributed by atoms with Gasteiger partial charge in [0.15, 0.2) is 0 Å². The summed E-state index contributed by atoms with van der Waals surface area (Å²) in [6, 6.07) is 0. The van der Waals surface area contributed by atoms with Crippen molar-refractivity contribution in [2.45, 2.75) is 26.7 Å². The number of nitrogens with zero attached hydrogens (tertiary/aromatic N) is 5. The Kier molecular flexibility index (Phi) is 5.90. The van der Waals surface area contributed by atoms with E-state index in [-0.39, 0.29) is 12.0 Å². The number of piperazine rings is 1. The normalized spacial score (nSPS) is 20.8. The number of hydrogen-bond donors (Lipinski definition) is 0. The van der Waals surface area contributed by atoms with Crippen LogP contribution in [0.15, 0.2) is 12.4 Å². The first kappa shape index (κ1) is 18.4. The molecule has 8 heteroatoms. The molecule has 0 aromatic carbocycles. The van der Waals surface area contributed by atoms with Crippen molar-refractivity contribution in [3.05, 3.63) is 18.0 Å². The van der Waals surface area contributed by atoms with Gasteiger partial charge in [0.1, 0.15) is 0 Å². The zero-order valence-electron chi connectivity index (χ0n) is 15.6. The lowest BCUT2D eigenvalue weighted by atomic mass is 10.00. The minimum Gasteiger partial charge on any atom is -0.450 e. The second-order valence-electron chi connectivity index (χ2n) is 6.94. The van der Waals surface area contributed by atoms with Crippen LogP contribution in [0, 0.1) is 5.92 Å². The summed E-state index contributed by atoms with van der Waals surface area (Å²) in [5.41, 5.74) is 0.535. The van der Waals surface area contributed by atoms with Crippen LogP contribution in [-0.2, 0) is 4.74 Å². The van der Waals surface area contributed by atoms with Gasteiger partial charge in [-0.1, -0.05) is 6.92 Å². The van der Waals surface area contributed by atoms with Gasteiger partial charge < -0.3 is 19.4 Å². The Morgan fingerprint density at radius 3 is 2.42 bits per heavy atom. The summed E-state index contributed by atoms with van der Waals surface area (Å²) in [7, 11) is 0. The van der Waals surface area contributed by atoms with Gasteiger partial charge in [-0.3, -0.25) is 4.79 Å². The molecular formula is C18H27N5O3. The summed E-state index contributed by atoms with van der Waals surface area (Å²) in [6.45, 7) is 8.42. The first-order valence-electron chi connectivity index (χ1n) is 9.36. The fourth-order valence-corrected chi connectivity index (χ4v) is 3.46.